The van der Waals surface area contributed by atoms with Gasteiger partial charge in [-0.2, -0.15) is 0 Å². The van der Waals surface area contributed by atoms with E-state index in [0.717, 1.165) is 29.8 Å². The first kappa shape index (κ1) is 33.8. The van der Waals surface area contributed by atoms with Crippen LogP contribution in [0.15, 0.2) is 95.9 Å². The van der Waals surface area contributed by atoms with E-state index in [1.807, 2.05) is 36.4 Å². The number of morpholine rings is 1. The number of hydrogen-bond acceptors (Lipinski definition) is 7. The fourth-order valence-corrected chi connectivity index (χ4v) is 7.12. The standard InChI is InChI=1S/C35H34Cl2N4O6S/c1-23(41-32-19-29(36)30(37)20-33(32)47-22-34(41)42)35(43)38-31(21-40-15-17-46-18-16-40)26-9-7-24(8-10-26)25-11-13-27(14-12-25)39-48(44,45)28-5-3-2-4-6-28/h2-14,19-20,23,31,39H,15-18,21-22H2,1H3,(H,38,43). The molecule has 0 bridgehead atoms. The van der Waals surface area contributed by atoms with Gasteiger partial charge in [0.2, 0.25) is 5.91 Å². The zero-order chi connectivity index (χ0) is 33.8. The largest absolute Gasteiger partial charge is 0.482 e. The molecule has 2 aliphatic heterocycles. The number of benzene rings is 4. The molecule has 2 N–H and O–H groups in total. The average molecular weight is 710 g/mol. The first-order valence-electron chi connectivity index (χ1n) is 15.4. The summed E-state index contributed by atoms with van der Waals surface area (Å²) in [6.45, 7) is 4.67. The Labute approximate surface area is 289 Å². The van der Waals surface area contributed by atoms with Gasteiger partial charge in [0, 0.05) is 31.4 Å². The molecule has 10 nitrogen and oxygen atoms in total. The predicted octanol–water partition coefficient (Wildman–Crippen LogP) is 5.76. The maximum absolute atomic E-state index is 13.8. The number of sulfonamides is 1. The minimum Gasteiger partial charge on any atom is -0.482 e. The van der Waals surface area contributed by atoms with Crippen molar-refractivity contribution in [2.45, 2.75) is 23.9 Å². The van der Waals surface area contributed by atoms with E-state index in [1.165, 1.54) is 11.0 Å². The van der Waals surface area contributed by atoms with E-state index in [9.17, 15) is 18.0 Å². The lowest BCUT2D eigenvalue weighted by atomic mass is 9.99. The molecule has 0 saturated carbocycles. The van der Waals surface area contributed by atoms with E-state index in [0.29, 0.717) is 41.9 Å². The Morgan fingerprint density at radius 2 is 1.52 bits per heavy atom. The zero-order valence-corrected chi connectivity index (χ0v) is 28.4. The number of fused-ring (bicyclic) bond motifs is 1. The van der Waals surface area contributed by atoms with Crippen LogP contribution in [0.1, 0.15) is 18.5 Å². The van der Waals surface area contributed by atoms with E-state index in [-0.39, 0.29) is 34.4 Å². The number of anilines is 2. The van der Waals surface area contributed by atoms with Crippen molar-refractivity contribution >= 4 is 56.4 Å². The number of amides is 2. The van der Waals surface area contributed by atoms with Gasteiger partial charge in [0.05, 0.1) is 39.9 Å². The highest BCUT2D eigenvalue weighted by molar-refractivity contribution is 7.92. The topological polar surface area (TPSA) is 117 Å². The number of ether oxygens (including phenoxy) is 2. The maximum Gasteiger partial charge on any atom is 0.265 e. The Morgan fingerprint density at radius 1 is 0.896 bits per heavy atom. The summed E-state index contributed by atoms with van der Waals surface area (Å²) < 4.78 is 39.1. The van der Waals surface area contributed by atoms with E-state index >= 15 is 0 Å². The summed E-state index contributed by atoms with van der Waals surface area (Å²) in [5, 5.41) is 3.72. The van der Waals surface area contributed by atoms with Crippen molar-refractivity contribution in [3.05, 3.63) is 107 Å². The summed E-state index contributed by atoms with van der Waals surface area (Å²) in [5.74, 6) is -0.319. The van der Waals surface area contributed by atoms with Gasteiger partial charge in [-0.05, 0) is 53.9 Å². The molecule has 2 aliphatic rings. The van der Waals surface area contributed by atoms with Crippen molar-refractivity contribution < 1.29 is 27.5 Å². The van der Waals surface area contributed by atoms with Crippen LogP contribution in [0.5, 0.6) is 5.75 Å². The Balaban J connectivity index is 1.19. The molecule has 0 aliphatic carbocycles. The number of rotatable bonds is 10. The minimum atomic E-state index is -3.70. The van der Waals surface area contributed by atoms with Crippen LogP contribution in [0.2, 0.25) is 10.0 Å². The molecule has 250 valence electrons. The van der Waals surface area contributed by atoms with Crippen molar-refractivity contribution in [2.75, 3.05) is 49.1 Å². The third kappa shape index (κ3) is 7.61. The van der Waals surface area contributed by atoms with Crippen LogP contribution in [-0.2, 0) is 24.3 Å². The number of carbonyl (C=O) groups excluding carboxylic acids is 2. The Morgan fingerprint density at radius 3 is 2.19 bits per heavy atom. The first-order valence-corrected chi connectivity index (χ1v) is 17.7. The highest BCUT2D eigenvalue weighted by Gasteiger charge is 2.35. The van der Waals surface area contributed by atoms with Gasteiger partial charge < -0.3 is 14.8 Å². The van der Waals surface area contributed by atoms with E-state index in [4.69, 9.17) is 32.7 Å². The summed E-state index contributed by atoms with van der Waals surface area (Å²) in [7, 11) is -3.70. The lowest BCUT2D eigenvalue weighted by Crippen LogP contribution is -2.53. The lowest BCUT2D eigenvalue weighted by molar-refractivity contribution is -0.128. The molecule has 1 saturated heterocycles. The van der Waals surface area contributed by atoms with Gasteiger partial charge in [0.25, 0.3) is 15.9 Å². The van der Waals surface area contributed by atoms with Gasteiger partial charge in [-0.25, -0.2) is 8.42 Å². The Hall–Kier alpha value is -4.13. The summed E-state index contributed by atoms with van der Waals surface area (Å²) >= 11 is 12.4. The summed E-state index contributed by atoms with van der Waals surface area (Å²) in [6.07, 6.45) is 0. The molecule has 0 radical (unpaired) electrons. The summed E-state index contributed by atoms with van der Waals surface area (Å²) in [5.41, 5.74) is 3.55. The highest BCUT2D eigenvalue weighted by atomic mass is 35.5. The third-order valence-electron chi connectivity index (χ3n) is 8.35. The second-order valence-electron chi connectivity index (χ2n) is 11.6. The molecule has 1 fully saturated rings. The molecule has 0 aromatic heterocycles. The summed E-state index contributed by atoms with van der Waals surface area (Å²) in [6, 6.07) is 25.0. The number of halogens is 2. The molecule has 4 aromatic rings. The molecule has 2 atom stereocenters. The van der Waals surface area contributed by atoms with Gasteiger partial charge in [-0.3, -0.25) is 24.1 Å². The molecule has 6 rings (SSSR count). The maximum atomic E-state index is 13.8. The second kappa shape index (κ2) is 14.6. The quantitative estimate of drug-likeness (QED) is 0.215. The van der Waals surface area contributed by atoms with Gasteiger partial charge >= 0.3 is 0 Å². The molecular formula is C35H34Cl2N4O6S. The molecule has 2 heterocycles. The van der Waals surface area contributed by atoms with Crippen molar-refractivity contribution in [3.8, 4) is 16.9 Å². The highest BCUT2D eigenvalue weighted by Crippen LogP contribution is 2.40. The summed E-state index contributed by atoms with van der Waals surface area (Å²) in [4.78, 5) is 30.6. The molecule has 2 amide bonds. The Kier molecular flexibility index (Phi) is 10.2. The normalized spacial score (nSPS) is 16.4. The van der Waals surface area contributed by atoms with Crippen molar-refractivity contribution in [1.29, 1.82) is 0 Å². The van der Waals surface area contributed by atoms with Gasteiger partial charge in [-0.1, -0.05) is 77.8 Å². The van der Waals surface area contributed by atoms with E-state index in [1.54, 1.807) is 55.5 Å². The molecule has 48 heavy (non-hydrogen) atoms. The van der Waals surface area contributed by atoms with Crippen molar-refractivity contribution in [3.63, 3.8) is 0 Å². The lowest BCUT2D eigenvalue weighted by Gasteiger charge is -2.35. The fourth-order valence-electron chi connectivity index (χ4n) is 5.73. The van der Waals surface area contributed by atoms with E-state index < -0.39 is 16.1 Å². The van der Waals surface area contributed by atoms with Gasteiger partial charge in [0.15, 0.2) is 6.61 Å². The third-order valence-corrected chi connectivity index (χ3v) is 10.5. The molecular weight excluding hydrogens is 675 g/mol. The van der Waals surface area contributed by atoms with Crippen LogP contribution in [0, 0.1) is 0 Å². The molecule has 0 spiro atoms. The predicted molar refractivity (Wildman–Crippen MR) is 186 cm³/mol. The molecule has 4 aromatic carbocycles. The minimum absolute atomic E-state index is 0.188. The number of carbonyl (C=O) groups is 2. The zero-order valence-electron chi connectivity index (χ0n) is 26.1. The van der Waals surface area contributed by atoms with Crippen LogP contribution in [0.3, 0.4) is 0 Å². The van der Waals surface area contributed by atoms with Crippen LogP contribution in [0.4, 0.5) is 11.4 Å². The van der Waals surface area contributed by atoms with Crippen LogP contribution in [-0.4, -0.2) is 70.6 Å². The second-order valence-corrected chi connectivity index (χ2v) is 14.1. The number of hydrogen-bond donors (Lipinski definition) is 2. The van der Waals surface area contributed by atoms with E-state index in [2.05, 4.69) is 14.9 Å². The Bertz CT molecular complexity index is 1890. The van der Waals surface area contributed by atoms with Gasteiger partial charge in [0.1, 0.15) is 11.8 Å². The smallest absolute Gasteiger partial charge is 0.265 e. The van der Waals surface area contributed by atoms with Crippen LogP contribution < -0.4 is 19.7 Å². The average Bonchev–Trinajstić information content (AvgIpc) is 3.09. The van der Waals surface area contributed by atoms with Crippen molar-refractivity contribution in [1.82, 2.24) is 10.2 Å². The molecule has 2 unspecified atom stereocenters. The number of nitrogens with one attached hydrogen (secondary N) is 2. The SMILES string of the molecule is CC(C(=O)NC(CN1CCOCC1)c1ccc(-c2ccc(NS(=O)(=O)c3ccccc3)cc2)cc1)N1C(=O)COc2cc(Cl)c(Cl)cc21. The van der Waals surface area contributed by atoms with Crippen molar-refractivity contribution in [2.24, 2.45) is 0 Å². The molecule has 13 heteroatoms. The van der Waals surface area contributed by atoms with Gasteiger partial charge in [-0.15, -0.1) is 0 Å². The van der Waals surface area contributed by atoms with Crippen LogP contribution in [0.25, 0.3) is 11.1 Å². The first-order chi connectivity index (χ1) is 23.1. The monoisotopic (exact) mass is 708 g/mol. The fraction of sp³-hybridized carbons (Fsp3) is 0.257. The van der Waals surface area contributed by atoms with Crippen LogP contribution >= 0.6 is 23.2 Å². The number of nitrogens with zero attached hydrogens (tertiary/aromatic N) is 2.